The Bertz CT molecular complexity index is 298. The number of aliphatic hydroxyl groups excluding tert-OH is 1. The van der Waals surface area contributed by atoms with Crippen LogP contribution in [-0.4, -0.2) is 34.7 Å². The maximum absolute atomic E-state index is 10.5. The zero-order valence-corrected chi connectivity index (χ0v) is 13.3. The number of rotatable bonds is 2. The number of hydrogen-bond donors (Lipinski definition) is 1. The van der Waals surface area contributed by atoms with Crippen LogP contribution in [0.3, 0.4) is 0 Å². The molecule has 20 heavy (non-hydrogen) atoms. The molecule has 0 aromatic carbocycles. The van der Waals surface area contributed by atoms with Gasteiger partial charge in [-0.3, -0.25) is 4.90 Å². The van der Waals surface area contributed by atoms with E-state index in [-0.39, 0.29) is 6.10 Å². The summed E-state index contributed by atoms with van der Waals surface area (Å²) < 4.78 is 0. The molecule has 0 amide bonds. The van der Waals surface area contributed by atoms with E-state index in [4.69, 9.17) is 0 Å². The molecular weight excluding hydrogens is 246 g/mol. The van der Waals surface area contributed by atoms with Gasteiger partial charge in [-0.25, -0.2) is 0 Å². The van der Waals surface area contributed by atoms with Crippen molar-refractivity contribution in [1.29, 1.82) is 0 Å². The smallest absolute Gasteiger partial charge is 0.0583 e. The van der Waals surface area contributed by atoms with Crippen LogP contribution in [-0.2, 0) is 0 Å². The Morgan fingerprint density at radius 3 is 2.25 bits per heavy atom. The van der Waals surface area contributed by atoms with Crippen molar-refractivity contribution < 1.29 is 5.11 Å². The minimum Gasteiger partial charge on any atom is -0.393 e. The quantitative estimate of drug-likeness (QED) is 0.826. The molecule has 0 aromatic rings. The predicted octanol–water partition coefficient (Wildman–Crippen LogP) is 3.97. The highest BCUT2D eigenvalue weighted by Crippen LogP contribution is 2.38. The first-order valence-corrected chi connectivity index (χ1v) is 9.19. The molecule has 1 N–H and O–H groups in total. The molecule has 2 aliphatic carbocycles. The van der Waals surface area contributed by atoms with Gasteiger partial charge >= 0.3 is 0 Å². The van der Waals surface area contributed by atoms with E-state index in [1.165, 1.54) is 70.8 Å². The molecular formula is C18H33NO. The van der Waals surface area contributed by atoms with Gasteiger partial charge in [-0.05, 0) is 63.8 Å². The van der Waals surface area contributed by atoms with Crippen LogP contribution in [0.1, 0.15) is 77.6 Å². The summed E-state index contributed by atoms with van der Waals surface area (Å²) in [5.74, 6) is 1.51. The van der Waals surface area contributed by atoms with Gasteiger partial charge in [-0.15, -0.1) is 0 Å². The van der Waals surface area contributed by atoms with Crippen molar-refractivity contribution in [2.45, 2.75) is 95.7 Å². The van der Waals surface area contributed by atoms with Gasteiger partial charge in [0, 0.05) is 18.0 Å². The Hall–Kier alpha value is -0.0800. The van der Waals surface area contributed by atoms with Crippen molar-refractivity contribution in [3.05, 3.63) is 0 Å². The molecule has 3 unspecified atom stereocenters. The topological polar surface area (TPSA) is 23.5 Å². The molecule has 2 heteroatoms. The number of nitrogens with zero attached hydrogens (tertiary/aromatic N) is 1. The minimum absolute atomic E-state index is 0.0168. The van der Waals surface area contributed by atoms with E-state index in [9.17, 15) is 5.11 Å². The number of likely N-dealkylation sites (tertiary alicyclic amines) is 1. The van der Waals surface area contributed by atoms with Gasteiger partial charge in [0.25, 0.3) is 0 Å². The maximum Gasteiger partial charge on any atom is 0.0583 e. The Balaban J connectivity index is 1.67. The number of piperidine rings is 1. The van der Waals surface area contributed by atoms with Crippen LogP contribution in [0.4, 0.5) is 0 Å². The molecule has 3 fully saturated rings. The largest absolute Gasteiger partial charge is 0.393 e. The van der Waals surface area contributed by atoms with E-state index in [0.717, 1.165) is 18.4 Å². The van der Waals surface area contributed by atoms with Gasteiger partial charge in [-0.1, -0.05) is 26.2 Å². The summed E-state index contributed by atoms with van der Waals surface area (Å²) in [5.41, 5.74) is 0. The van der Waals surface area contributed by atoms with Crippen LogP contribution in [0.5, 0.6) is 0 Å². The SMILES string of the molecule is CC1CCC(N2CCCCC2C2CCCCC2O)CC1. The first-order valence-electron chi connectivity index (χ1n) is 9.19. The predicted molar refractivity (Wildman–Crippen MR) is 83.7 cm³/mol. The van der Waals surface area contributed by atoms with Gasteiger partial charge in [0.1, 0.15) is 0 Å². The molecule has 0 bridgehead atoms. The van der Waals surface area contributed by atoms with Gasteiger partial charge in [0.2, 0.25) is 0 Å². The van der Waals surface area contributed by atoms with Crippen molar-refractivity contribution in [3.63, 3.8) is 0 Å². The van der Waals surface area contributed by atoms with E-state index >= 15 is 0 Å². The van der Waals surface area contributed by atoms with Crippen LogP contribution in [0.2, 0.25) is 0 Å². The molecule has 3 aliphatic rings. The average molecular weight is 279 g/mol. The summed E-state index contributed by atoms with van der Waals surface area (Å²) in [7, 11) is 0. The van der Waals surface area contributed by atoms with Crippen molar-refractivity contribution in [3.8, 4) is 0 Å². The highest BCUT2D eigenvalue weighted by Gasteiger charge is 2.38. The Morgan fingerprint density at radius 2 is 1.50 bits per heavy atom. The first-order chi connectivity index (χ1) is 9.75. The van der Waals surface area contributed by atoms with E-state index in [2.05, 4.69) is 11.8 Å². The molecule has 0 aromatic heterocycles. The van der Waals surface area contributed by atoms with E-state index in [0.29, 0.717) is 12.0 Å². The zero-order valence-electron chi connectivity index (χ0n) is 13.3. The third-order valence-corrected chi connectivity index (χ3v) is 6.32. The lowest BCUT2D eigenvalue weighted by atomic mass is 9.76. The highest BCUT2D eigenvalue weighted by molar-refractivity contribution is 4.92. The Labute approximate surface area is 124 Å². The van der Waals surface area contributed by atoms with Crippen LogP contribution in [0, 0.1) is 11.8 Å². The zero-order chi connectivity index (χ0) is 13.9. The highest BCUT2D eigenvalue weighted by atomic mass is 16.3. The summed E-state index contributed by atoms with van der Waals surface area (Å²) in [6, 6.07) is 1.52. The molecule has 1 saturated heterocycles. The Kier molecular flexibility index (Phi) is 5.04. The van der Waals surface area contributed by atoms with Crippen LogP contribution in [0.15, 0.2) is 0 Å². The van der Waals surface area contributed by atoms with Crippen molar-refractivity contribution >= 4 is 0 Å². The monoisotopic (exact) mass is 279 g/mol. The van der Waals surface area contributed by atoms with Gasteiger partial charge in [-0.2, -0.15) is 0 Å². The third-order valence-electron chi connectivity index (χ3n) is 6.32. The molecule has 0 spiro atoms. The van der Waals surface area contributed by atoms with Gasteiger partial charge in [0.05, 0.1) is 6.10 Å². The Morgan fingerprint density at radius 1 is 0.800 bits per heavy atom. The number of aliphatic hydroxyl groups is 1. The maximum atomic E-state index is 10.5. The molecule has 116 valence electrons. The van der Waals surface area contributed by atoms with E-state index in [1.807, 2.05) is 0 Å². The first kappa shape index (κ1) is 14.8. The lowest BCUT2D eigenvalue weighted by molar-refractivity contribution is -0.0303. The van der Waals surface area contributed by atoms with Gasteiger partial charge < -0.3 is 5.11 Å². The molecule has 0 radical (unpaired) electrons. The summed E-state index contributed by atoms with van der Waals surface area (Å²) in [6.07, 6.45) is 14.6. The van der Waals surface area contributed by atoms with Crippen molar-refractivity contribution in [1.82, 2.24) is 4.90 Å². The fourth-order valence-electron chi connectivity index (χ4n) is 5.06. The average Bonchev–Trinajstić information content (AvgIpc) is 2.49. The van der Waals surface area contributed by atoms with Crippen LogP contribution >= 0.6 is 0 Å². The summed E-state index contributed by atoms with van der Waals surface area (Å²) in [6.45, 7) is 3.71. The standard InChI is InChI=1S/C18H33NO/c1-14-9-11-15(12-10-14)19-13-5-4-7-17(19)16-6-2-3-8-18(16)20/h14-18,20H,2-13H2,1H3. The molecule has 1 aliphatic heterocycles. The van der Waals surface area contributed by atoms with E-state index in [1.54, 1.807) is 0 Å². The summed E-state index contributed by atoms with van der Waals surface area (Å²) in [5, 5.41) is 10.5. The minimum atomic E-state index is -0.0168. The van der Waals surface area contributed by atoms with Crippen molar-refractivity contribution in [2.24, 2.45) is 11.8 Å². The number of hydrogen-bond acceptors (Lipinski definition) is 2. The fourth-order valence-corrected chi connectivity index (χ4v) is 5.06. The second-order valence-corrected chi connectivity index (χ2v) is 7.73. The van der Waals surface area contributed by atoms with Gasteiger partial charge in [0.15, 0.2) is 0 Å². The lowest BCUT2D eigenvalue weighted by Crippen LogP contribution is -2.53. The summed E-state index contributed by atoms with van der Waals surface area (Å²) >= 11 is 0. The normalized spacial score (nSPS) is 44.4. The lowest BCUT2D eigenvalue weighted by Gasteiger charge is -2.48. The van der Waals surface area contributed by atoms with Crippen molar-refractivity contribution in [2.75, 3.05) is 6.54 Å². The van der Waals surface area contributed by atoms with Crippen LogP contribution < -0.4 is 0 Å². The molecule has 3 atom stereocenters. The second kappa shape index (κ2) is 6.79. The molecule has 3 rings (SSSR count). The fraction of sp³-hybridized carbons (Fsp3) is 1.00. The second-order valence-electron chi connectivity index (χ2n) is 7.73. The third kappa shape index (κ3) is 3.22. The molecule has 1 heterocycles. The van der Waals surface area contributed by atoms with E-state index < -0.39 is 0 Å². The summed E-state index contributed by atoms with van der Waals surface area (Å²) in [4.78, 5) is 2.84. The molecule has 2 nitrogen and oxygen atoms in total. The van der Waals surface area contributed by atoms with Crippen LogP contribution in [0.25, 0.3) is 0 Å². The molecule has 2 saturated carbocycles.